The second-order valence-electron chi connectivity index (χ2n) is 9.63. The number of nitrogens with zero attached hydrogens (tertiary/aromatic N) is 2. The molecule has 3 aliphatic rings. The zero-order valence-electron chi connectivity index (χ0n) is 19.2. The van der Waals surface area contributed by atoms with Gasteiger partial charge < -0.3 is 10.1 Å². The van der Waals surface area contributed by atoms with Gasteiger partial charge in [0.05, 0.1) is 12.2 Å². The van der Waals surface area contributed by atoms with Gasteiger partial charge in [-0.2, -0.15) is 0 Å². The van der Waals surface area contributed by atoms with Crippen molar-refractivity contribution in [2.24, 2.45) is 0 Å². The molecule has 0 unspecified atom stereocenters. The minimum absolute atomic E-state index is 0.0316. The predicted octanol–water partition coefficient (Wildman–Crippen LogP) is 4.83. The van der Waals surface area contributed by atoms with Crippen molar-refractivity contribution in [3.63, 3.8) is 0 Å². The largest absolute Gasteiger partial charge is 0.370 e. The molecule has 1 saturated carbocycles. The number of piperidine rings is 1. The van der Waals surface area contributed by atoms with Crippen LogP contribution in [0.3, 0.4) is 0 Å². The van der Waals surface area contributed by atoms with Gasteiger partial charge in [-0.3, -0.25) is 14.7 Å². The zero-order chi connectivity index (χ0) is 22.0. The number of aromatic nitrogens is 1. The van der Waals surface area contributed by atoms with E-state index < -0.39 is 0 Å². The summed E-state index contributed by atoms with van der Waals surface area (Å²) in [5, 5.41) is 3.16. The van der Waals surface area contributed by atoms with Gasteiger partial charge in [0.2, 0.25) is 0 Å². The topological polar surface area (TPSA) is 54.5 Å². The lowest BCUT2D eigenvalue weighted by atomic mass is 9.82. The normalized spacial score (nSPS) is 21.4. The number of thiophene rings is 1. The number of nitrogens with one attached hydrogen (secondary N) is 1. The van der Waals surface area contributed by atoms with E-state index in [-0.39, 0.29) is 11.5 Å². The van der Waals surface area contributed by atoms with Crippen molar-refractivity contribution in [3.8, 4) is 0 Å². The van der Waals surface area contributed by atoms with Crippen LogP contribution in [0.1, 0.15) is 83.2 Å². The summed E-state index contributed by atoms with van der Waals surface area (Å²) in [6.07, 6.45) is 12.1. The van der Waals surface area contributed by atoms with Gasteiger partial charge >= 0.3 is 0 Å². The van der Waals surface area contributed by atoms with Gasteiger partial charge in [0.1, 0.15) is 5.69 Å². The number of hydrogen-bond acceptors (Lipinski definition) is 5. The van der Waals surface area contributed by atoms with E-state index >= 15 is 0 Å². The van der Waals surface area contributed by atoms with Crippen molar-refractivity contribution >= 4 is 17.2 Å². The van der Waals surface area contributed by atoms with E-state index in [1.165, 1.54) is 35.3 Å². The fraction of sp³-hybridized carbons (Fsp3) is 0.615. The van der Waals surface area contributed by atoms with Gasteiger partial charge in [-0.25, -0.2) is 0 Å². The zero-order valence-corrected chi connectivity index (χ0v) is 20.0. The Labute approximate surface area is 195 Å². The third-order valence-corrected chi connectivity index (χ3v) is 8.81. The second kappa shape index (κ2) is 9.62. The van der Waals surface area contributed by atoms with Crippen molar-refractivity contribution in [2.45, 2.75) is 82.9 Å². The number of likely N-dealkylation sites (tertiary alicyclic amines) is 1. The number of rotatable bonds is 5. The molecule has 32 heavy (non-hydrogen) atoms. The first-order chi connectivity index (χ1) is 15.6. The molecule has 2 aromatic rings. The molecular formula is C26H35N3O2S. The van der Waals surface area contributed by atoms with Gasteiger partial charge in [0, 0.05) is 48.0 Å². The van der Waals surface area contributed by atoms with Gasteiger partial charge in [0.25, 0.3) is 5.91 Å². The molecule has 2 fully saturated rings. The molecule has 1 amide bonds. The highest BCUT2D eigenvalue weighted by atomic mass is 32.1. The fourth-order valence-corrected chi connectivity index (χ4v) is 6.73. The lowest BCUT2D eigenvalue weighted by Gasteiger charge is -2.44. The molecule has 0 radical (unpaired) electrons. The van der Waals surface area contributed by atoms with Gasteiger partial charge in [-0.15, -0.1) is 11.3 Å². The molecule has 4 heterocycles. The highest BCUT2D eigenvalue weighted by Crippen LogP contribution is 2.44. The van der Waals surface area contributed by atoms with E-state index in [9.17, 15) is 4.79 Å². The third-order valence-electron chi connectivity index (χ3n) is 7.47. The number of amides is 1. The highest BCUT2D eigenvalue weighted by Gasteiger charge is 2.41. The summed E-state index contributed by atoms with van der Waals surface area (Å²) < 4.78 is 6.42. The molecule has 0 atom stereocenters. The average molecular weight is 454 g/mol. The van der Waals surface area contributed by atoms with E-state index in [2.05, 4.69) is 34.3 Å². The third kappa shape index (κ3) is 4.63. The number of pyridine rings is 1. The quantitative estimate of drug-likeness (QED) is 0.704. The van der Waals surface area contributed by atoms with E-state index in [4.69, 9.17) is 4.74 Å². The maximum atomic E-state index is 12.5. The summed E-state index contributed by atoms with van der Waals surface area (Å²) in [6, 6.07) is 6.68. The molecule has 1 aliphatic carbocycles. The molecule has 2 aliphatic heterocycles. The summed E-state index contributed by atoms with van der Waals surface area (Å²) >= 11 is 1.99. The van der Waals surface area contributed by atoms with E-state index in [0.29, 0.717) is 11.7 Å². The molecule has 1 N–H and O–H groups in total. The molecule has 1 saturated heterocycles. The Hall–Kier alpha value is -1.76. The summed E-state index contributed by atoms with van der Waals surface area (Å²) in [5.41, 5.74) is 3.10. The Kier molecular flexibility index (Phi) is 6.63. The van der Waals surface area contributed by atoms with Gasteiger partial charge in [0.15, 0.2) is 0 Å². The van der Waals surface area contributed by atoms with E-state index in [1.54, 1.807) is 4.88 Å². The van der Waals surface area contributed by atoms with Crippen LogP contribution in [0.5, 0.6) is 0 Å². The summed E-state index contributed by atoms with van der Waals surface area (Å²) in [5.74, 6) is -0.0316. The Bertz CT molecular complexity index is 925. The van der Waals surface area contributed by atoms with Gasteiger partial charge in [-0.05, 0) is 55.4 Å². The smallest absolute Gasteiger partial charge is 0.270 e. The Morgan fingerprint density at radius 3 is 2.78 bits per heavy atom. The minimum atomic E-state index is -0.0761. The molecule has 0 aromatic carbocycles. The van der Waals surface area contributed by atoms with Crippen molar-refractivity contribution in [3.05, 3.63) is 51.0 Å². The summed E-state index contributed by atoms with van der Waals surface area (Å²) in [6.45, 7) is 6.03. The van der Waals surface area contributed by atoms with Crippen molar-refractivity contribution in [1.29, 1.82) is 0 Å². The van der Waals surface area contributed by atoms with Crippen LogP contribution >= 0.6 is 11.3 Å². The van der Waals surface area contributed by atoms with Crippen LogP contribution in [0, 0.1) is 0 Å². The number of ether oxygens (including phenoxy) is 1. The monoisotopic (exact) mass is 453 g/mol. The number of carbonyl (C=O) groups excluding carboxylic acids is 1. The van der Waals surface area contributed by atoms with E-state index in [0.717, 1.165) is 64.8 Å². The molecular weight excluding hydrogens is 418 g/mol. The van der Waals surface area contributed by atoms with Crippen molar-refractivity contribution in [1.82, 2.24) is 15.2 Å². The SMILES string of the molecule is CCc1cc2c(s1)CCOC21CCN(Cc2ccc(C(=O)NC3CCCCC3)nc2)CC1. The van der Waals surface area contributed by atoms with Crippen LogP contribution in [0.25, 0.3) is 0 Å². The lowest BCUT2D eigenvalue weighted by Crippen LogP contribution is -2.45. The Morgan fingerprint density at radius 1 is 1.25 bits per heavy atom. The Balaban J connectivity index is 1.16. The maximum absolute atomic E-state index is 12.5. The Morgan fingerprint density at radius 2 is 2.06 bits per heavy atom. The first-order valence-electron chi connectivity index (χ1n) is 12.4. The van der Waals surface area contributed by atoms with Crippen molar-refractivity contribution < 1.29 is 9.53 Å². The summed E-state index contributed by atoms with van der Waals surface area (Å²) in [7, 11) is 0. The number of aryl methyl sites for hydroxylation is 1. The molecule has 5 rings (SSSR count). The van der Waals surface area contributed by atoms with E-state index in [1.807, 2.05) is 23.6 Å². The fourth-order valence-electron chi connectivity index (χ4n) is 5.55. The average Bonchev–Trinajstić information content (AvgIpc) is 3.27. The molecule has 5 nitrogen and oxygen atoms in total. The predicted molar refractivity (Wildman–Crippen MR) is 128 cm³/mol. The van der Waals surface area contributed by atoms with Crippen LogP contribution in [0.2, 0.25) is 0 Å². The second-order valence-corrected chi connectivity index (χ2v) is 10.9. The van der Waals surface area contributed by atoms with Crippen LogP contribution < -0.4 is 5.32 Å². The van der Waals surface area contributed by atoms with Gasteiger partial charge in [-0.1, -0.05) is 32.3 Å². The first kappa shape index (κ1) is 22.1. The number of carbonyl (C=O) groups is 1. The molecule has 1 spiro atoms. The lowest BCUT2D eigenvalue weighted by molar-refractivity contribution is -0.0981. The summed E-state index contributed by atoms with van der Waals surface area (Å²) in [4.78, 5) is 22.5. The number of hydrogen-bond donors (Lipinski definition) is 1. The minimum Gasteiger partial charge on any atom is -0.370 e. The molecule has 0 bridgehead atoms. The van der Waals surface area contributed by atoms with Crippen molar-refractivity contribution in [2.75, 3.05) is 19.7 Å². The highest BCUT2D eigenvalue weighted by molar-refractivity contribution is 7.12. The first-order valence-corrected chi connectivity index (χ1v) is 13.2. The molecule has 2 aromatic heterocycles. The maximum Gasteiger partial charge on any atom is 0.270 e. The van der Waals surface area contributed by atoms with Crippen LogP contribution in [0.4, 0.5) is 0 Å². The molecule has 172 valence electrons. The van der Waals surface area contributed by atoms with Crippen LogP contribution in [-0.4, -0.2) is 41.5 Å². The van der Waals surface area contributed by atoms with Crippen LogP contribution in [-0.2, 0) is 29.7 Å². The number of fused-ring (bicyclic) bond motifs is 2. The standard InChI is InChI=1S/C26H35N3O2S/c1-2-21-16-22-24(32-21)10-15-31-26(22)11-13-29(14-12-26)18-19-8-9-23(27-17-19)25(30)28-20-6-4-3-5-7-20/h8-9,16-17,20H,2-7,10-15,18H2,1H3,(H,28,30). The van der Waals surface area contributed by atoms with Crippen LogP contribution in [0.15, 0.2) is 24.4 Å². The molecule has 6 heteroatoms.